The van der Waals surface area contributed by atoms with E-state index in [-0.39, 0.29) is 0 Å². The van der Waals surface area contributed by atoms with E-state index < -0.39 is 0 Å². The minimum atomic E-state index is 0.792. The highest BCUT2D eigenvalue weighted by Crippen LogP contribution is 2.26. The third-order valence-electron chi connectivity index (χ3n) is 2.68. The van der Waals surface area contributed by atoms with Crippen molar-refractivity contribution in [1.82, 2.24) is 4.98 Å². The molecule has 0 aliphatic carbocycles. The Morgan fingerprint density at radius 3 is 2.75 bits per heavy atom. The maximum absolute atomic E-state index is 5.87. The maximum Gasteiger partial charge on any atom is 0.0999 e. The monoisotopic (exact) mass is 247 g/mol. The van der Waals surface area contributed by atoms with Gasteiger partial charge in [0.1, 0.15) is 0 Å². The topological polar surface area (TPSA) is 15.8 Å². The van der Waals surface area contributed by atoms with Crippen LogP contribution in [0, 0.1) is 0 Å². The molecule has 0 fully saturated rings. The molecule has 0 amide bonds. The molecule has 0 unspecified atom stereocenters. The molecule has 16 heavy (non-hydrogen) atoms. The summed E-state index contributed by atoms with van der Waals surface area (Å²) in [4.78, 5) is 4.49. The van der Waals surface area contributed by atoms with Gasteiger partial charge in [0.05, 0.1) is 4.83 Å². The molecule has 1 aromatic carbocycles. The average molecular weight is 248 g/mol. The van der Waals surface area contributed by atoms with Crippen LogP contribution >= 0.6 is 22.9 Å². The number of thiophene rings is 1. The summed E-state index contributed by atoms with van der Waals surface area (Å²) in [6, 6.07) is 10.2. The molecule has 0 spiro atoms. The summed E-state index contributed by atoms with van der Waals surface area (Å²) in [5, 5.41) is 4.34. The van der Waals surface area contributed by atoms with Gasteiger partial charge < -0.3 is 4.98 Å². The number of H-pyrrole nitrogens is 1. The van der Waals surface area contributed by atoms with Crippen molar-refractivity contribution in [2.45, 2.75) is 6.42 Å². The molecule has 3 heteroatoms. The zero-order valence-electron chi connectivity index (χ0n) is 8.53. The molecule has 0 saturated carbocycles. The van der Waals surface area contributed by atoms with E-state index >= 15 is 0 Å². The van der Waals surface area contributed by atoms with Crippen molar-refractivity contribution in [3.63, 3.8) is 0 Å². The zero-order valence-corrected chi connectivity index (χ0v) is 10.1. The van der Waals surface area contributed by atoms with Crippen molar-refractivity contribution in [2.75, 3.05) is 0 Å². The number of aromatic nitrogens is 1. The maximum atomic E-state index is 5.87. The lowest BCUT2D eigenvalue weighted by molar-refractivity contribution is 1.23. The van der Waals surface area contributed by atoms with Gasteiger partial charge in [0.25, 0.3) is 0 Å². The van der Waals surface area contributed by atoms with E-state index in [9.17, 15) is 0 Å². The van der Waals surface area contributed by atoms with Crippen LogP contribution < -0.4 is 0 Å². The lowest BCUT2D eigenvalue weighted by Crippen LogP contribution is -1.84. The van der Waals surface area contributed by atoms with E-state index in [0.717, 1.165) is 11.4 Å². The highest BCUT2D eigenvalue weighted by molar-refractivity contribution is 7.17. The normalized spacial score (nSPS) is 11.1. The number of aromatic amines is 1. The van der Waals surface area contributed by atoms with Gasteiger partial charge in [-0.25, -0.2) is 0 Å². The van der Waals surface area contributed by atoms with Gasteiger partial charge >= 0.3 is 0 Å². The zero-order chi connectivity index (χ0) is 11.0. The molecule has 1 N–H and O–H groups in total. The second-order valence-electron chi connectivity index (χ2n) is 3.78. The van der Waals surface area contributed by atoms with Crippen LogP contribution in [-0.4, -0.2) is 4.98 Å². The van der Waals surface area contributed by atoms with Crippen molar-refractivity contribution in [3.8, 4) is 0 Å². The Bertz CT molecular complexity index is 606. The minimum Gasteiger partial charge on any atom is -0.353 e. The van der Waals surface area contributed by atoms with E-state index in [0.29, 0.717) is 0 Å². The first-order valence-electron chi connectivity index (χ1n) is 5.11. The molecule has 0 atom stereocenters. The number of halogens is 1. The Kier molecular flexibility index (Phi) is 2.46. The van der Waals surface area contributed by atoms with Gasteiger partial charge in [0.15, 0.2) is 0 Å². The summed E-state index contributed by atoms with van der Waals surface area (Å²) in [5.74, 6) is 0. The van der Waals surface area contributed by atoms with E-state index in [4.69, 9.17) is 11.6 Å². The van der Waals surface area contributed by atoms with Crippen molar-refractivity contribution < 1.29 is 0 Å². The number of fused-ring (bicyclic) bond motifs is 1. The van der Waals surface area contributed by atoms with Gasteiger partial charge in [-0.05, 0) is 41.1 Å². The minimum absolute atomic E-state index is 0.792. The lowest BCUT2D eigenvalue weighted by Gasteiger charge is -1.99. The standard InChI is InChI=1S/C13H10ClNS/c14-11-3-1-9(2-4-11)7-10-8-16-13-12(10)5-6-15-13/h1-6,8,15H,7H2. The predicted octanol–water partition coefficient (Wildman–Crippen LogP) is 4.47. The van der Waals surface area contributed by atoms with E-state index in [1.165, 1.54) is 21.3 Å². The first-order chi connectivity index (χ1) is 7.83. The Balaban J connectivity index is 1.95. The first kappa shape index (κ1) is 9.94. The van der Waals surface area contributed by atoms with Gasteiger partial charge in [-0.2, -0.15) is 0 Å². The highest BCUT2D eigenvalue weighted by Gasteiger charge is 2.05. The fraction of sp³-hybridized carbons (Fsp3) is 0.0769. The number of hydrogen-bond acceptors (Lipinski definition) is 1. The summed E-state index contributed by atoms with van der Waals surface area (Å²) in [6.45, 7) is 0. The highest BCUT2D eigenvalue weighted by atomic mass is 35.5. The number of benzene rings is 1. The van der Waals surface area contributed by atoms with Gasteiger partial charge in [0, 0.05) is 16.6 Å². The predicted molar refractivity (Wildman–Crippen MR) is 70.4 cm³/mol. The van der Waals surface area contributed by atoms with Crippen LogP contribution in [0.4, 0.5) is 0 Å². The first-order valence-corrected chi connectivity index (χ1v) is 6.36. The van der Waals surface area contributed by atoms with Gasteiger partial charge in [0.2, 0.25) is 0 Å². The lowest BCUT2D eigenvalue weighted by atomic mass is 10.1. The average Bonchev–Trinajstić information content (AvgIpc) is 2.86. The van der Waals surface area contributed by atoms with Gasteiger partial charge in [-0.1, -0.05) is 23.7 Å². The molecule has 2 aromatic heterocycles. The molecule has 1 nitrogen and oxygen atoms in total. The Hall–Kier alpha value is -1.25. The van der Waals surface area contributed by atoms with Gasteiger partial charge in [-0.3, -0.25) is 0 Å². The van der Waals surface area contributed by atoms with Gasteiger partial charge in [-0.15, -0.1) is 11.3 Å². The van der Waals surface area contributed by atoms with Crippen LogP contribution in [0.5, 0.6) is 0 Å². The molecule has 0 saturated heterocycles. The molecule has 2 heterocycles. The quantitative estimate of drug-likeness (QED) is 0.688. The third-order valence-corrected chi connectivity index (χ3v) is 3.91. The molecule has 0 aliphatic rings. The number of hydrogen-bond donors (Lipinski definition) is 1. The largest absolute Gasteiger partial charge is 0.353 e. The number of rotatable bonds is 2. The Labute approximate surface area is 103 Å². The number of nitrogens with one attached hydrogen (secondary N) is 1. The molecule has 80 valence electrons. The molecule has 0 radical (unpaired) electrons. The summed E-state index contributed by atoms with van der Waals surface area (Å²) in [7, 11) is 0. The van der Waals surface area contributed by atoms with Crippen LogP contribution in [0.15, 0.2) is 41.9 Å². The SMILES string of the molecule is Clc1ccc(Cc2csc3[nH]ccc23)cc1. The fourth-order valence-corrected chi connectivity index (χ4v) is 2.92. The summed E-state index contributed by atoms with van der Waals surface area (Å²) < 4.78 is 0. The van der Waals surface area contributed by atoms with Crippen LogP contribution in [-0.2, 0) is 6.42 Å². The molecule has 0 aliphatic heterocycles. The second-order valence-corrected chi connectivity index (χ2v) is 5.10. The molecule has 3 aromatic rings. The smallest absolute Gasteiger partial charge is 0.0999 e. The molecule has 3 rings (SSSR count). The summed E-state index contributed by atoms with van der Waals surface area (Å²) >= 11 is 7.63. The van der Waals surface area contributed by atoms with E-state index in [1.54, 1.807) is 11.3 Å². The summed E-state index contributed by atoms with van der Waals surface area (Å²) in [6.07, 6.45) is 2.96. The van der Waals surface area contributed by atoms with Crippen LogP contribution in [0.25, 0.3) is 10.2 Å². The third kappa shape index (κ3) is 1.75. The second kappa shape index (κ2) is 3.96. The molecular formula is C13H10ClNS. The van der Waals surface area contributed by atoms with Crippen molar-refractivity contribution in [2.24, 2.45) is 0 Å². The summed E-state index contributed by atoms with van der Waals surface area (Å²) in [5.41, 5.74) is 2.67. The van der Waals surface area contributed by atoms with E-state index in [1.807, 2.05) is 18.3 Å². The Morgan fingerprint density at radius 2 is 1.94 bits per heavy atom. The van der Waals surface area contributed by atoms with Crippen LogP contribution in [0.1, 0.15) is 11.1 Å². The Morgan fingerprint density at radius 1 is 1.12 bits per heavy atom. The fourth-order valence-electron chi connectivity index (χ4n) is 1.86. The van der Waals surface area contributed by atoms with Crippen molar-refractivity contribution in [3.05, 3.63) is 58.1 Å². The van der Waals surface area contributed by atoms with Crippen molar-refractivity contribution in [1.29, 1.82) is 0 Å². The molecular weight excluding hydrogens is 238 g/mol. The van der Waals surface area contributed by atoms with Crippen LogP contribution in [0.3, 0.4) is 0 Å². The van der Waals surface area contributed by atoms with E-state index in [2.05, 4.69) is 28.6 Å². The molecule has 0 bridgehead atoms. The van der Waals surface area contributed by atoms with Crippen LogP contribution in [0.2, 0.25) is 5.02 Å². The van der Waals surface area contributed by atoms with Crippen molar-refractivity contribution >= 4 is 33.2 Å².